The molecule has 18 heavy (non-hydrogen) atoms. The van der Waals surface area contributed by atoms with Crippen molar-refractivity contribution >= 4 is 5.97 Å². The van der Waals surface area contributed by atoms with Gasteiger partial charge in [-0.1, -0.05) is 0 Å². The predicted molar refractivity (Wildman–Crippen MR) is 67.7 cm³/mol. The van der Waals surface area contributed by atoms with Gasteiger partial charge in [0.15, 0.2) is 0 Å². The van der Waals surface area contributed by atoms with Crippen molar-refractivity contribution in [2.24, 2.45) is 0 Å². The average molecular weight is 252 g/mol. The molecule has 100 valence electrons. The molecule has 0 fully saturated rings. The lowest BCUT2D eigenvalue weighted by atomic mass is 10.1. The van der Waals surface area contributed by atoms with E-state index in [1.807, 2.05) is 13.8 Å². The summed E-state index contributed by atoms with van der Waals surface area (Å²) in [5.74, 6) is 0.0131. The molecule has 0 bridgehead atoms. The summed E-state index contributed by atoms with van der Waals surface area (Å²) in [6.45, 7) is 4.51. The molecule has 0 spiro atoms. The summed E-state index contributed by atoms with van der Waals surface area (Å²) in [7, 11) is 1.67. The first-order chi connectivity index (χ1) is 8.54. The van der Waals surface area contributed by atoms with E-state index in [9.17, 15) is 4.79 Å². The minimum Gasteiger partial charge on any atom is -0.481 e. The summed E-state index contributed by atoms with van der Waals surface area (Å²) in [5.41, 5.74) is 2.72. The van der Waals surface area contributed by atoms with E-state index in [-0.39, 0.29) is 6.42 Å². The van der Waals surface area contributed by atoms with Crippen molar-refractivity contribution in [3.8, 4) is 0 Å². The highest BCUT2D eigenvalue weighted by Crippen LogP contribution is 2.13. The Morgan fingerprint density at radius 2 is 1.83 bits per heavy atom. The molecule has 0 saturated heterocycles. The van der Waals surface area contributed by atoms with Crippen LogP contribution in [0.1, 0.15) is 35.6 Å². The lowest BCUT2D eigenvalue weighted by Crippen LogP contribution is -2.08. The third-order valence-electron chi connectivity index (χ3n) is 2.80. The maximum Gasteiger partial charge on any atom is 0.303 e. The molecule has 0 unspecified atom stereocenters. The molecule has 1 rings (SSSR count). The van der Waals surface area contributed by atoms with Gasteiger partial charge in [0.05, 0.1) is 0 Å². The number of methoxy groups -OCH3 is 1. The molecule has 0 radical (unpaired) electrons. The number of carboxylic acid groups (broad SMARTS) is 1. The molecule has 1 N–H and O–H groups in total. The van der Waals surface area contributed by atoms with Crippen molar-refractivity contribution in [2.75, 3.05) is 13.7 Å². The molecule has 0 aliphatic heterocycles. The fourth-order valence-corrected chi connectivity index (χ4v) is 1.89. The third kappa shape index (κ3) is 4.41. The van der Waals surface area contributed by atoms with Crippen LogP contribution in [0.3, 0.4) is 0 Å². The van der Waals surface area contributed by atoms with Crippen LogP contribution in [0.5, 0.6) is 0 Å². The Hall–Kier alpha value is -1.49. The van der Waals surface area contributed by atoms with E-state index in [4.69, 9.17) is 9.84 Å². The molecule has 5 heteroatoms. The minimum atomic E-state index is -0.794. The zero-order valence-electron chi connectivity index (χ0n) is 11.2. The van der Waals surface area contributed by atoms with Gasteiger partial charge in [0.1, 0.15) is 5.82 Å². The monoisotopic (exact) mass is 252 g/mol. The van der Waals surface area contributed by atoms with Crippen LogP contribution in [0.2, 0.25) is 0 Å². The fraction of sp³-hybridized carbons (Fsp3) is 0.615. The van der Waals surface area contributed by atoms with E-state index >= 15 is 0 Å². The lowest BCUT2D eigenvalue weighted by Gasteiger charge is -2.09. The standard InChI is InChI=1S/C13H20N2O3/c1-9-11(6-7-13(16)17)10(2)15-12(14-9)5-4-8-18-3/h4-8H2,1-3H3,(H,16,17). The summed E-state index contributed by atoms with van der Waals surface area (Å²) in [4.78, 5) is 19.4. The number of carboxylic acids is 1. The van der Waals surface area contributed by atoms with E-state index in [2.05, 4.69) is 9.97 Å². The maximum atomic E-state index is 10.6. The first-order valence-electron chi connectivity index (χ1n) is 6.08. The zero-order chi connectivity index (χ0) is 13.5. The fourth-order valence-electron chi connectivity index (χ4n) is 1.89. The zero-order valence-corrected chi connectivity index (χ0v) is 11.2. The number of aliphatic carboxylic acids is 1. The van der Waals surface area contributed by atoms with Gasteiger partial charge in [0.2, 0.25) is 0 Å². The number of aromatic nitrogens is 2. The largest absolute Gasteiger partial charge is 0.481 e. The van der Waals surface area contributed by atoms with Crippen LogP contribution in [0.15, 0.2) is 0 Å². The van der Waals surface area contributed by atoms with Crippen molar-refractivity contribution in [1.82, 2.24) is 9.97 Å². The quantitative estimate of drug-likeness (QED) is 0.748. The second-order valence-electron chi connectivity index (χ2n) is 4.28. The SMILES string of the molecule is COCCCc1nc(C)c(CCC(=O)O)c(C)n1. The van der Waals surface area contributed by atoms with Crippen molar-refractivity contribution in [2.45, 2.75) is 39.5 Å². The summed E-state index contributed by atoms with van der Waals surface area (Å²) >= 11 is 0. The Labute approximate surface area is 107 Å². The van der Waals surface area contributed by atoms with Crippen LogP contribution < -0.4 is 0 Å². The van der Waals surface area contributed by atoms with E-state index in [1.165, 1.54) is 0 Å². The molecular weight excluding hydrogens is 232 g/mol. The number of carbonyl (C=O) groups is 1. The smallest absolute Gasteiger partial charge is 0.303 e. The molecule has 0 amide bonds. The summed E-state index contributed by atoms with van der Waals surface area (Å²) < 4.78 is 4.99. The Morgan fingerprint density at radius 3 is 2.33 bits per heavy atom. The van der Waals surface area contributed by atoms with Crippen LogP contribution in [0, 0.1) is 13.8 Å². The first kappa shape index (κ1) is 14.6. The lowest BCUT2D eigenvalue weighted by molar-refractivity contribution is -0.136. The van der Waals surface area contributed by atoms with E-state index < -0.39 is 5.97 Å². The molecule has 0 aliphatic rings. The second-order valence-corrected chi connectivity index (χ2v) is 4.28. The molecule has 1 heterocycles. The molecule has 1 aromatic rings. The summed E-state index contributed by atoms with van der Waals surface area (Å²) in [6.07, 6.45) is 2.29. The topological polar surface area (TPSA) is 72.3 Å². The minimum absolute atomic E-state index is 0.119. The van der Waals surface area contributed by atoms with E-state index in [0.717, 1.165) is 35.6 Å². The van der Waals surface area contributed by atoms with Crippen LogP contribution >= 0.6 is 0 Å². The van der Waals surface area contributed by atoms with Gasteiger partial charge in [-0.25, -0.2) is 9.97 Å². The predicted octanol–water partition coefficient (Wildman–Crippen LogP) is 1.69. The maximum absolute atomic E-state index is 10.6. The number of aryl methyl sites for hydroxylation is 3. The Morgan fingerprint density at radius 1 is 1.22 bits per heavy atom. The van der Waals surface area contributed by atoms with Gasteiger partial charge in [-0.2, -0.15) is 0 Å². The van der Waals surface area contributed by atoms with Gasteiger partial charge in [-0.05, 0) is 32.3 Å². The van der Waals surface area contributed by atoms with Crippen molar-refractivity contribution in [3.05, 3.63) is 22.8 Å². The van der Waals surface area contributed by atoms with Crippen molar-refractivity contribution in [1.29, 1.82) is 0 Å². The Bertz CT molecular complexity index is 396. The molecule has 1 aromatic heterocycles. The normalized spacial score (nSPS) is 10.6. The summed E-state index contributed by atoms with van der Waals surface area (Å²) in [6, 6.07) is 0. The van der Waals surface area contributed by atoms with Gasteiger partial charge >= 0.3 is 5.97 Å². The molecule has 5 nitrogen and oxygen atoms in total. The van der Waals surface area contributed by atoms with Gasteiger partial charge in [0.25, 0.3) is 0 Å². The number of rotatable bonds is 7. The Kier molecular flexibility index (Phi) is 5.71. The number of nitrogens with zero attached hydrogens (tertiary/aromatic N) is 2. The third-order valence-corrected chi connectivity index (χ3v) is 2.80. The number of ether oxygens (including phenoxy) is 1. The molecule has 0 atom stereocenters. The second kappa shape index (κ2) is 7.06. The van der Waals surface area contributed by atoms with Crippen LogP contribution in [0.25, 0.3) is 0 Å². The number of hydrogen-bond donors (Lipinski definition) is 1. The van der Waals surface area contributed by atoms with Crippen molar-refractivity contribution < 1.29 is 14.6 Å². The van der Waals surface area contributed by atoms with Gasteiger partial charge in [-0.15, -0.1) is 0 Å². The molecule has 0 saturated carbocycles. The van der Waals surface area contributed by atoms with Crippen molar-refractivity contribution in [3.63, 3.8) is 0 Å². The van der Waals surface area contributed by atoms with Gasteiger partial charge in [-0.3, -0.25) is 4.79 Å². The van der Waals surface area contributed by atoms with E-state index in [1.54, 1.807) is 7.11 Å². The highest BCUT2D eigenvalue weighted by atomic mass is 16.5. The molecule has 0 aliphatic carbocycles. The molecular formula is C13H20N2O3. The van der Waals surface area contributed by atoms with Gasteiger partial charge in [0, 0.05) is 37.9 Å². The summed E-state index contributed by atoms with van der Waals surface area (Å²) in [5, 5.41) is 8.70. The first-order valence-corrected chi connectivity index (χ1v) is 6.08. The van der Waals surface area contributed by atoms with E-state index in [0.29, 0.717) is 13.0 Å². The van der Waals surface area contributed by atoms with Crippen LogP contribution in [0.4, 0.5) is 0 Å². The van der Waals surface area contributed by atoms with Crippen LogP contribution in [-0.2, 0) is 22.4 Å². The highest BCUT2D eigenvalue weighted by Gasteiger charge is 2.10. The Balaban J connectivity index is 2.74. The number of hydrogen-bond acceptors (Lipinski definition) is 4. The van der Waals surface area contributed by atoms with Crippen LogP contribution in [-0.4, -0.2) is 34.8 Å². The molecule has 0 aromatic carbocycles. The highest BCUT2D eigenvalue weighted by molar-refractivity contribution is 5.67. The average Bonchev–Trinajstić information content (AvgIpc) is 2.28. The van der Waals surface area contributed by atoms with Gasteiger partial charge < -0.3 is 9.84 Å².